The maximum absolute atomic E-state index is 10.9. The van der Waals surface area contributed by atoms with E-state index in [2.05, 4.69) is 31.1 Å². The predicted molar refractivity (Wildman–Crippen MR) is 106 cm³/mol. The number of carboxylic acid groups (broad SMARTS) is 1. The van der Waals surface area contributed by atoms with E-state index in [4.69, 9.17) is 5.11 Å². The third kappa shape index (κ3) is 3.83. The van der Waals surface area contributed by atoms with Crippen molar-refractivity contribution in [3.05, 3.63) is 70.8 Å². The number of aromatic carboxylic acids is 1. The number of carbonyl (C=O) groups is 1. The van der Waals surface area contributed by atoms with Crippen molar-refractivity contribution in [2.45, 2.75) is 30.6 Å². The van der Waals surface area contributed by atoms with Crippen molar-refractivity contribution < 1.29 is 15.1 Å². The summed E-state index contributed by atoms with van der Waals surface area (Å²) in [6.07, 6.45) is 4.66. The molecule has 26 heavy (non-hydrogen) atoms. The molecule has 0 bridgehead atoms. The number of carboxylic acids is 1. The van der Waals surface area contributed by atoms with E-state index in [1.807, 2.05) is 17.8 Å². The van der Waals surface area contributed by atoms with Crippen LogP contribution in [0.25, 0.3) is 6.08 Å². The van der Waals surface area contributed by atoms with Crippen LogP contribution in [0.15, 0.2) is 58.6 Å². The average molecular weight is 367 g/mol. The maximum atomic E-state index is 10.9. The number of hydrogen-bond donors (Lipinski definition) is 2. The predicted octanol–water partition coefficient (Wildman–Crippen LogP) is 5.05. The molecule has 134 valence electrons. The second kappa shape index (κ2) is 7.38. The number of thioether (sulfide) groups is 1. The van der Waals surface area contributed by atoms with E-state index < -0.39 is 5.97 Å². The number of allylic oxidation sites excluding steroid dienone is 1. The van der Waals surface area contributed by atoms with E-state index >= 15 is 0 Å². The van der Waals surface area contributed by atoms with E-state index in [1.165, 1.54) is 10.5 Å². The van der Waals surface area contributed by atoms with E-state index in [0.717, 1.165) is 23.3 Å². The minimum Gasteiger partial charge on any atom is -0.478 e. The Hall–Kier alpha value is -2.53. The lowest BCUT2D eigenvalue weighted by Crippen LogP contribution is -2.23. The molecule has 2 aromatic rings. The first-order chi connectivity index (χ1) is 12.4. The molecule has 0 spiro atoms. The summed E-state index contributed by atoms with van der Waals surface area (Å²) in [5, 5.41) is 21.9. The molecule has 2 N–H and O–H groups in total. The zero-order chi connectivity index (χ0) is 18.7. The summed E-state index contributed by atoms with van der Waals surface area (Å²) in [7, 11) is 0. The highest BCUT2D eigenvalue weighted by Crippen LogP contribution is 2.41. The first kappa shape index (κ1) is 18.3. The molecular weight excluding hydrogens is 346 g/mol. The van der Waals surface area contributed by atoms with Gasteiger partial charge in [-0.25, -0.2) is 4.79 Å². The van der Waals surface area contributed by atoms with E-state index in [0.29, 0.717) is 5.71 Å². The molecule has 0 aromatic heterocycles. The average Bonchev–Trinajstić information content (AvgIpc) is 2.63. The number of nitrogens with zero attached hydrogens (tertiary/aromatic N) is 1. The molecule has 0 unspecified atom stereocenters. The highest BCUT2D eigenvalue weighted by atomic mass is 32.2. The van der Waals surface area contributed by atoms with Gasteiger partial charge in [-0.2, -0.15) is 0 Å². The Morgan fingerprint density at radius 2 is 1.85 bits per heavy atom. The van der Waals surface area contributed by atoms with Crippen molar-refractivity contribution in [1.29, 1.82) is 0 Å². The molecule has 0 aliphatic carbocycles. The minimum absolute atomic E-state index is 0.105. The lowest BCUT2D eigenvalue weighted by Gasteiger charge is -2.32. The van der Waals surface area contributed by atoms with Crippen molar-refractivity contribution >= 4 is 29.5 Å². The number of oxime groups is 1. The SMILES string of the molecule is CC1(C)CCSc2ccc(C(/C=C\c3ccc(C(=O)O)cc3)=NO)cc21. The van der Waals surface area contributed by atoms with Crippen LogP contribution in [0.4, 0.5) is 0 Å². The van der Waals surface area contributed by atoms with Crippen LogP contribution < -0.4 is 0 Å². The van der Waals surface area contributed by atoms with Crippen LogP contribution in [-0.4, -0.2) is 27.7 Å². The minimum atomic E-state index is -0.951. The summed E-state index contributed by atoms with van der Waals surface area (Å²) in [5.41, 5.74) is 3.80. The standard InChI is InChI=1S/C21H21NO3S/c1-21(2)11-12-26-19-10-8-16(13-17(19)21)18(22-25)9-5-14-3-6-15(7-4-14)20(23)24/h3-10,13,25H,11-12H2,1-2H3,(H,23,24)/b9-5-,22-18?. The molecule has 0 atom stereocenters. The van der Waals surface area contributed by atoms with Gasteiger partial charge in [0.15, 0.2) is 0 Å². The molecule has 0 radical (unpaired) electrons. The highest BCUT2D eigenvalue weighted by molar-refractivity contribution is 7.99. The van der Waals surface area contributed by atoms with Gasteiger partial charge in [-0.3, -0.25) is 0 Å². The van der Waals surface area contributed by atoms with Gasteiger partial charge in [0.2, 0.25) is 0 Å². The fourth-order valence-corrected chi connectivity index (χ4v) is 4.48. The van der Waals surface area contributed by atoms with Crippen molar-refractivity contribution in [2.24, 2.45) is 5.16 Å². The summed E-state index contributed by atoms with van der Waals surface area (Å²) in [6.45, 7) is 4.48. The normalized spacial score (nSPS) is 16.5. The molecule has 5 heteroatoms. The Balaban J connectivity index is 1.87. The lowest BCUT2D eigenvalue weighted by molar-refractivity contribution is 0.0697. The Kier molecular flexibility index (Phi) is 5.18. The van der Waals surface area contributed by atoms with Gasteiger partial charge in [0, 0.05) is 10.5 Å². The Morgan fingerprint density at radius 1 is 1.15 bits per heavy atom. The monoisotopic (exact) mass is 367 g/mol. The lowest BCUT2D eigenvalue weighted by atomic mass is 9.81. The molecule has 0 fully saturated rings. The van der Waals surface area contributed by atoms with Gasteiger partial charge in [0.1, 0.15) is 5.71 Å². The third-order valence-electron chi connectivity index (χ3n) is 4.69. The largest absolute Gasteiger partial charge is 0.478 e. The number of hydrogen-bond acceptors (Lipinski definition) is 4. The summed E-state index contributed by atoms with van der Waals surface area (Å²) in [6, 6.07) is 12.7. The molecule has 0 saturated heterocycles. The topological polar surface area (TPSA) is 69.9 Å². The fraction of sp³-hybridized carbons (Fsp3) is 0.238. The van der Waals surface area contributed by atoms with Crippen LogP contribution in [0.3, 0.4) is 0 Å². The van der Waals surface area contributed by atoms with Gasteiger partial charge in [-0.1, -0.05) is 43.3 Å². The van der Waals surface area contributed by atoms with Crippen molar-refractivity contribution in [3.63, 3.8) is 0 Å². The van der Waals surface area contributed by atoms with Crippen molar-refractivity contribution in [2.75, 3.05) is 5.75 Å². The zero-order valence-electron chi connectivity index (χ0n) is 14.8. The summed E-state index contributed by atoms with van der Waals surface area (Å²) >= 11 is 1.86. The second-order valence-electron chi connectivity index (χ2n) is 6.94. The van der Waals surface area contributed by atoms with Gasteiger partial charge in [-0.05, 0) is 59.1 Å². The van der Waals surface area contributed by atoms with Gasteiger partial charge in [0.25, 0.3) is 0 Å². The molecule has 0 amide bonds. The smallest absolute Gasteiger partial charge is 0.335 e. The van der Waals surface area contributed by atoms with Gasteiger partial charge in [0.05, 0.1) is 5.56 Å². The number of rotatable bonds is 4. The van der Waals surface area contributed by atoms with Crippen LogP contribution in [0.2, 0.25) is 0 Å². The molecule has 1 aliphatic rings. The second-order valence-corrected chi connectivity index (χ2v) is 8.08. The van der Waals surface area contributed by atoms with Crippen LogP contribution in [0.5, 0.6) is 0 Å². The molecule has 3 rings (SSSR count). The van der Waals surface area contributed by atoms with Crippen LogP contribution in [0.1, 0.15) is 47.3 Å². The Bertz CT molecular complexity index is 883. The molecule has 0 saturated carbocycles. The van der Waals surface area contributed by atoms with Gasteiger partial charge >= 0.3 is 5.97 Å². The van der Waals surface area contributed by atoms with Crippen LogP contribution in [0, 0.1) is 0 Å². The highest BCUT2D eigenvalue weighted by Gasteiger charge is 2.28. The molecular formula is C21H21NO3S. The Morgan fingerprint density at radius 3 is 2.50 bits per heavy atom. The molecule has 4 nitrogen and oxygen atoms in total. The van der Waals surface area contributed by atoms with Crippen molar-refractivity contribution in [1.82, 2.24) is 0 Å². The summed E-state index contributed by atoms with van der Waals surface area (Å²) in [4.78, 5) is 12.2. The third-order valence-corrected chi connectivity index (χ3v) is 5.76. The number of fused-ring (bicyclic) bond motifs is 1. The fourth-order valence-electron chi connectivity index (χ4n) is 2.99. The van der Waals surface area contributed by atoms with Gasteiger partial charge in [-0.15, -0.1) is 11.8 Å². The first-order valence-electron chi connectivity index (χ1n) is 8.42. The van der Waals surface area contributed by atoms with E-state index in [9.17, 15) is 10.0 Å². The first-order valence-corrected chi connectivity index (χ1v) is 9.40. The van der Waals surface area contributed by atoms with Crippen molar-refractivity contribution in [3.8, 4) is 0 Å². The molecule has 2 aromatic carbocycles. The summed E-state index contributed by atoms with van der Waals surface area (Å²) in [5.74, 6) is 0.166. The van der Waals surface area contributed by atoms with Gasteiger partial charge < -0.3 is 10.3 Å². The molecule has 1 heterocycles. The maximum Gasteiger partial charge on any atom is 0.335 e. The van der Waals surface area contributed by atoms with Crippen LogP contribution in [-0.2, 0) is 5.41 Å². The van der Waals surface area contributed by atoms with E-state index in [1.54, 1.807) is 36.4 Å². The quantitative estimate of drug-likeness (QED) is 0.451. The number of benzene rings is 2. The summed E-state index contributed by atoms with van der Waals surface area (Å²) < 4.78 is 0. The van der Waals surface area contributed by atoms with Crippen LogP contribution >= 0.6 is 11.8 Å². The van der Waals surface area contributed by atoms with E-state index in [-0.39, 0.29) is 11.0 Å². The molecule has 1 aliphatic heterocycles. The Labute approximate surface area is 157 Å². The zero-order valence-corrected chi connectivity index (χ0v) is 15.6.